The standard InChI is InChI=1S/C20H20BrN3O3/c21-14-9-13(11-22-12-14)19(25)23-15-4-5-18-17(10-15)20(26)24-7-2-1-3-16(24)6-8-27-18/h4-5,9-12,16H,1-3,6-8H2,(H,23,25). The molecule has 0 aliphatic carbocycles. The van der Waals surface area contributed by atoms with Gasteiger partial charge in [-0.2, -0.15) is 0 Å². The lowest BCUT2D eigenvalue weighted by Gasteiger charge is -2.37. The zero-order valence-corrected chi connectivity index (χ0v) is 16.4. The van der Waals surface area contributed by atoms with Crippen molar-refractivity contribution in [2.24, 2.45) is 0 Å². The highest BCUT2D eigenvalue weighted by Gasteiger charge is 2.31. The first-order chi connectivity index (χ1) is 13.1. The first-order valence-electron chi connectivity index (χ1n) is 9.11. The van der Waals surface area contributed by atoms with Crippen LogP contribution in [-0.2, 0) is 0 Å². The molecule has 3 heterocycles. The molecular formula is C20H20BrN3O3. The summed E-state index contributed by atoms with van der Waals surface area (Å²) in [5, 5.41) is 2.84. The van der Waals surface area contributed by atoms with E-state index in [1.165, 1.54) is 6.20 Å². The number of hydrogen-bond acceptors (Lipinski definition) is 4. The van der Waals surface area contributed by atoms with Crippen LogP contribution in [0, 0.1) is 0 Å². The van der Waals surface area contributed by atoms with Crippen LogP contribution in [0.5, 0.6) is 5.75 Å². The average molecular weight is 430 g/mol. The van der Waals surface area contributed by atoms with Gasteiger partial charge in [0.25, 0.3) is 11.8 Å². The van der Waals surface area contributed by atoms with E-state index in [4.69, 9.17) is 4.74 Å². The Bertz CT molecular complexity index is 887. The van der Waals surface area contributed by atoms with Gasteiger partial charge in [-0.25, -0.2) is 0 Å². The van der Waals surface area contributed by atoms with Gasteiger partial charge >= 0.3 is 0 Å². The number of ether oxygens (including phenoxy) is 1. The number of carbonyl (C=O) groups is 2. The van der Waals surface area contributed by atoms with Crippen molar-refractivity contribution in [2.75, 3.05) is 18.5 Å². The summed E-state index contributed by atoms with van der Waals surface area (Å²) in [7, 11) is 0. The number of carbonyl (C=O) groups excluding carboxylic acids is 2. The van der Waals surface area contributed by atoms with Gasteiger partial charge in [0.2, 0.25) is 0 Å². The van der Waals surface area contributed by atoms with Gasteiger partial charge in [0.15, 0.2) is 0 Å². The van der Waals surface area contributed by atoms with E-state index in [0.717, 1.165) is 36.7 Å². The van der Waals surface area contributed by atoms with Gasteiger partial charge in [-0.05, 0) is 59.5 Å². The van der Waals surface area contributed by atoms with Crippen LogP contribution in [0.4, 0.5) is 5.69 Å². The second-order valence-electron chi connectivity index (χ2n) is 6.84. The monoisotopic (exact) mass is 429 g/mol. The molecule has 0 bridgehead atoms. The van der Waals surface area contributed by atoms with E-state index in [1.807, 2.05) is 4.90 Å². The molecule has 1 saturated heterocycles. The molecule has 0 radical (unpaired) electrons. The van der Waals surface area contributed by atoms with Crippen LogP contribution < -0.4 is 10.1 Å². The van der Waals surface area contributed by atoms with E-state index in [0.29, 0.717) is 29.2 Å². The average Bonchev–Trinajstić information content (AvgIpc) is 2.67. The third-order valence-electron chi connectivity index (χ3n) is 5.03. The number of amides is 2. The Morgan fingerprint density at radius 3 is 2.96 bits per heavy atom. The summed E-state index contributed by atoms with van der Waals surface area (Å²) in [6.45, 7) is 1.38. The van der Waals surface area contributed by atoms with Crippen molar-refractivity contribution in [3.05, 3.63) is 52.3 Å². The summed E-state index contributed by atoms with van der Waals surface area (Å²) in [4.78, 5) is 31.5. The maximum atomic E-state index is 13.1. The molecule has 1 atom stereocenters. The second kappa shape index (κ2) is 7.68. The van der Waals surface area contributed by atoms with Gasteiger partial charge in [0.05, 0.1) is 17.7 Å². The van der Waals surface area contributed by atoms with Crippen LogP contribution >= 0.6 is 15.9 Å². The van der Waals surface area contributed by atoms with E-state index in [-0.39, 0.29) is 17.9 Å². The smallest absolute Gasteiger partial charge is 0.257 e. The molecule has 6 nitrogen and oxygen atoms in total. The van der Waals surface area contributed by atoms with Crippen molar-refractivity contribution in [1.82, 2.24) is 9.88 Å². The lowest BCUT2D eigenvalue weighted by atomic mass is 9.97. The highest BCUT2D eigenvalue weighted by atomic mass is 79.9. The summed E-state index contributed by atoms with van der Waals surface area (Å²) in [6, 6.07) is 7.16. The molecule has 0 saturated carbocycles. The number of anilines is 1. The Labute approximate surface area is 166 Å². The predicted molar refractivity (Wildman–Crippen MR) is 105 cm³/mol. The van der Waals surface area contributed by atoms with E-state index >= 15 is 0 Å². The number of fused-ring (bicyclic) bond motifs is 2. The maximum absolute atomic E-state index is 13.1. The van der Waals surface area contributed by atoms with E-state index in [9.17, 15) is 9.59 Å². The SMILES string of the molecule is O=C(Nc1ccc2c(c1)C(=O)N1CCCCC1CCO2)c1cncc(Br)c1. The number of nitrogens with one attached hydrogen (secondary N) is 1. The van der Waals surface area contributed by atoms with E-state index in [1.54, 1.807) is 30.5 Å². The van der Waals surface area contributed by atoms with Crippen molar-refractivity contribution in [3.8, 4) is 5.75 Å². The highest BCUT2D eigenvalue weighted by Crippen LogP contribution is 2.31. The van der Waals surface area contributed by atoms with Gasteiger partial charge in [0.1, 0.15) is 5.75 Å². The summed E-state index contributed by atoms with van der Waals surface area (Å²) in [5.41, 5.74) is 1.51. The Balaban J connectivity index is 1.60. The first-order valence-corrected chi connectivity index (χ1v) is 9.91. The van der Waals surface area contributed by atoms with Gasteiger partial charge in [0, 0.05) is 41.6 Å². The summed E-state index contributed by atoms with van der Waals surface area (Å²) >= 11 is 3.31. The molecule has 1 aromatic heterocycles. The third-order valence-corrected chi connectivity index (χ3v) is 5.47. The number of rotatable bonds is 2. The molecule has 1 aromatic carbocycles. The molecule has 4 rings (SSSR count). The number of piperidine rings is 1. The third kappa shape index (κ3) is 3.83. The van der Waals surface area contributed by atoms with Crippen molar-refractivity contribution in [3.63, 3.8) is 0 Å². The number of aromatic nitrogens is 1. The molecule has 2 aliphatic rings. The fourth-order valence-corrected chi connectivity index (χ4v) is 4.03. The lowest BCUT2D eigenvalue weighted by Crippen LogP contribution is -2.45. The van der Waals surface area contributed by atoms with Gasteiger partial charge in [-0.1, -0.05) is 0 Å². The normalized spacial score (nSPS) is 19.2. The van der Waals surface area contributed by atoms with Crippen LogP contribution in [0.2, 0.25) is 0 Å². The topological polar surface area (TPSA) is 71.5 Å². The minimum atomic E-state index is -0.279. The van der Waals surface area contributed by atoms with Crippen molar-refractivity contribution >= 4 is 33.4 Å². The Morgan fingerprint density at radius 1 is 1.22 bits per heavy atom. The van der Waals surface area contributed by atoms with Crippen molar-refractivity contribution < 1.29 is 14.3 Å². The largest absolute Gasteiger partial charge is 0.493 e. The van der Waals surface area contributed by atoms with Crippen molar-refractivity contribution in [2.45, 2.75) is 31.7 Å². The summed E-state index contributed by atoms with van der Waals surface area (Å²) in [5.74, 6) is 0.277. The minimum absolute atomic E-state index is 0.0189. The molecule has 2 aromatic rings. The molecule has 1 unspecified atom stereocenters. The Morgan fingerprint density at radius 2 is 2.11 bits per heavy atom. The predicted octanol–water partition coefficient (Wildman–Crippen LogP) is 3.87. The number of nitrogens with zero attached hydrogens (tertiary/aromatic N) is 2. The first kappa shape index (κ1) is 18.0. The molecule has 2 amide bonds. The van der Waals surface area contributed by atoms with Crippen LogP contribution in [-0.4, -0.2) is 40.9 Å². The zero-order chi connectivity index (χ0) is 18.8. The fraction of sp³-hybridized carbons (Fsp3) is 0.350. The Kier molecular flexibility index (Phi) is 5.11. The molecule has 1 fully saturated rings. The number of benzene rings is 1. The second-order valence-corrected chi connectivity index (χ2v) is 7.76. The van der Waals surface area contributed by atoms with E-state index in [2.05, 4.69) is 26.2 Å². The van der Waals surface area contributed by atoms with Gasteiger partial charge in [-0.15, -0.1) is 0 Å². The number of hydrogen-bond donors (Lipinski definition) is 1. The lowest BCUT2D eigenvalue weighted by molar-refractivity contribution is 0.0548. The molecule has 1 N–H and O–H groups in total. The molecule has 2 aliphatic heterocycles. The maximum Gasteiger partial charge on any atom is 0.257 e. The van der Waals surface area contributed by atoms with Crippen molar-refractivity contribution in [1.29, 1.82) is 0 Å². The quantitative estimate of drug-likeness (QED) is 0.785. The van der Waals surface area contributed by atoms with Crippen LogP contribution in [0.15, 0.2) is 41.1 Å². The number of halogens is 1. The van der Waals surface area contributed by atoms with Gasteiger partial charge < -0.3 is 15.0 Å². The number of pyridine rings is 1. The minimum Gasteiger partial charge on any atom is -0.493 e. The molecule has 27 heavy (non-hydrogen) atoms. The highest BCUT2D eigenvalue weighted by molar-refractivity contribution is 9.10. The summed E-state index contributed by atoms with van der Waals surface area (Å²) in [6.07, 6.45) is 7.19. The summed E-state index contributed by atoms with van der Waals surface area (Å²) < 4.78 is 6.56. The Hall–Kier alpha value is -2.41. The van der Waals surface area contributed by atoms with Gasteiger partial charge in [-0.3, -0.25) is 14.6 Å². The fourth-order valence-electron chi connectivity index (χ4n) is 3.67. The van der Waals surface area contributed by atoms with Crippen LogP contribution in [0.25, 0.3) is 0 Å². The zero-order valence-electron chi connectivity index (χ0n) is 14.8. The van der Waals surface area contributed by atoms with E-state index < -0.39 is 0 Å². The van der Waals surface area contributed by atoms with Crippen LogP contribution in [0.1, 0.15) is 46.4 Å². The van der Waals surface area contributed by atoms with Crippen LogP contribution in [0.3, 0.4) is 0 Å². The molecule has 0 spiro atoms. The molecular weight excluding hydrogens is 410 g/mol. The molecule has 7 heteroatoms. The molecule has 140 valence electrons.